The van der Waals surface area contributed by atoms with Crippen molar-refractivity contribution in [3.05, 3.63) is 39.1 Å². The monoisotopic (exact) mass is 331 g/mol. The highest BCUT2D eigenvalue weighted by atomic mass is 32.1. The second kappa shape index (κ2) is 5.72. The molecule has 1 aromatic heterocycles. The van der Waals surface area contributed by atoms with Crippen LogP contribution in [0, 0.1) is 11.8 Å². The summed E-state index contributed by atoms with van der Waals surface area (Å²) in [5.41, 5.74) is 0.0102. The minimum atomic E-state index is -4.55. The summed E-state index contributed by atoms with van der Waals surface area (Å²) in [6, 6.07) is 2.88. The van der Waals surface area contributed by atoms with Crippen LogP contribution < -0.4 is 5.32 Å². The smallest absolute Gasteiger partial charge is 0.427 e. The molecule has 2 N–H and O–H groups in total. The SMILES string of the molecule is Cc1cc(O)c(C(=O)Nc2cc(C(F)(F)F)sn2)cc1N=O. The highest BCUT2D eigenvalue weighted by molar-refractivity contribution is 7.06. The number of nitrogens with one attached hydrogen (secondary N) is 1. The van der Waals surface area contributed by atoms with Crippen molar-refractivity contribution in [2.24, 2.45) is 5.18 Å². The molecule has 0 saturated carbocycles. The van der Waals surface area contributed by atoms with Gasteiger partial charge in [-0.2, -0.15) is 17.5 Å². The first kappa shape index (κ1) is 15.9. The van der Waals surface area contributed by atoms with Crippen LogP contribution in [0.25, 0.3) is 0 Å². The Bertz CT molecular complexity index is 743. The topological polar surface area (TPSA) is 91.7 Å². The van der Waals surface area contributed by atoms with Crippen LogP contribution in [0.2, 0.25) is 0 Å². The number of anilines is 1. The van der Waals surface area contributed by atoms with Crippen LogP contribution in [0.3, 0.4) is 0 Å². The molecule has 2 aromatic rings. The molecule has 2 rings (SSSR count). The second-order valence-corrected chi connectivity index (χ2v) is 5.08. The Morgan fingerprint density at radius 2 is 2.05 bits per heavy atom. The molecule has 0 spiro atoms. The normalized spacial score (nSPS) is 11.3. The highest BCUT2D eigenvalue weighted by Gasteiger charge is 2.33. The third-order valence-corrected chi connectivity index (χ3v) is 3.52. The fourth-order valence-electron chi connectivity index (χ4n) is 1.61. The number of aromatic hydroxyl groups is 1. The van der Waals surface area contributed by atoms with E-state index >= 15 is 0 Å². The van der Waals surface area contributed by atoms with Gasteiger partial charge in [-0.3, -0.25) is 4.79 Å². The molecule has 0 atom stereocenters. The molecule has 0 aliphatic heterocycles. The van der Waals surface area contributed by atoms with Gasteiger partial charge in [0.2, 0.25) is 0 Å². The van der Waals surface area contributed by atoms with Gasteiger partial charge in [-0.05, 0) is 41.3 Å². The Morgan fingerprint density at radius 1 is 1.36 bits per heavy atom. The van der Waals surface area contributed by atoms with E-state index in [4.69, 9.17) is 0 Å². The van der Waals surface area contributed by atoms with Gasteiger partial charge in [0.05, 0.1) is 5.56 Å². The third-order valence-electron chi connectivity index (χ3n) is 2.69. The van der Waals surface area contributed by atoms with Gasteiger partial charge in [0.1, 0.15) is 22.1 Å². The number of phenols is 1. The van der Waals surface area contributed by atoms with Crippen molar-refractivity contribution in [2.45, 2.75) is 13.1 Å². The number of hydrogen-bond donors (Lipinski definition) is 2. The summed E-state index contributed by atoms with van der Waals surface area (Å²) in [5, 5.41) is 14.5. The molecular formula is C12H8F3N3O3S. The number of hydrogen-bond acceptors (Lipinski definition) is 6. The summed E-state index contributed by atoms with van der Waals surface area (Å²) >= 11 is 0.187. The van der Waals surface area contributed by atoms with E-state index in [0.717, 1.165) is 12.1 Å². The number of alkyl halides is 3. The van der Waals surface area contributed by atoms with Crippen LogP contribution in [-0.4, -0.2) is 15.4 Å². The van der Waals surface area contributed by atoms with Crippen molar-refractivity contribution in [3.8, 4) is 5.75 Å². The summed E-state index contributed by atoms with van der Waals surface area (Å²) in [6.45, 7) is 1.51. The summed E-state index contributed by atoms with van der Waals surface area (Å²) in [6.07, 6.45) is -4.55. The highest BCUT2D eigenvalue weighted by Crippen LogP contribution is 2.34. The second-order valence-electron chi connectivity index (χ2n) is 4.28. The van der Waals surface area contributed by atoms with E-state index in [9.17, 15) is 28.0 Å². The minimum absolute atomic E-state index is 0.0581. The van der Waals surface area contributed by atoms with E-state index < -0.39 is 22.7 Å². The lowest BCUT2D eigenvalue weighted by atomic mass is 10.1. The number of rotatable bonds is 3. The Hall–Kier alpha value is -2.49. The van der Waals surface area contributed by atoms with Crippen molar-refractivity contribution < 1.29 is 23.1 Å². The standard InChI is InChI=1S/C12H8F3N3O3S/c1-5-2-8(19)6(3-7(5)17-21)11(20)16-10-4-9(22-18-10)12(13,14)15/h2-4,19H,1H3,(H,16,18,20). The average molecular weight is 331 g/mol. The van der Waals surface area contributed by atoms with E-state index in [-0.39, 0.29) is 28.6 Å². The molecule has 1 aromatic carbocycles. The lowest BCUT2D eigenvalue weighted by Crippen LogP contribution is -2.12. The maximum Gasteiger partial charge on any atom is 0.427 e. The number of halogens is 3. The quantitative estimate of drug-likeness (QED) is 0.836. The number of phenolic OH excluding ortho intramolecular Hbond substituents is 1. The summed E-state index contributed by atoms with van der Waals surface area (Å²) in [5.74, 6) is -1.63. The van der Waals surface area contributed by atoms with Gasteiger partial charge in [-0.1, -0.05) is 0 Å². The Kier molecular flexibility index (Phi) is 4.13. The zero-order chi connectivity index (χ0) is 16.5. The molecule has 1 amide bonds. The largest absolute Gasteiger partial charge is 0.507 e. The van der Waals surface area contributed by atoms with Crippen LogP contribution in [0.4, 0.5) is 24.7 Å². The summed E-state index contributed by atoms with van der Waals surface area (Å²) in [7, 11) is 0. The molecule has 0 bridgehead atoms. The number of amides is 1. The van der Waals surface area contributed by atoms with Gasteiger partial charge < -0.3 is 10.4 Å². The number of carbonyl (C=O) groups excluding carboxylic acids is 1. The number of nitrogens with zero attached hydrogens (tertiary/aromatic N) is 2. The molecule has 0 fully saturated rings. The van der Waals surface area contributed by atoms with Crippen molar-refractivity contribution in [1.82, 2.24) is 4.37 Å². The average Bonchev–Trinajstić information content (AvgIpc) is 2.87. The molecule has 1 heterocycles. The van der Waals surface area contributed by atoms with E-state index in [1.54, 1.807) is 0 Å². The first-order valence-corrected chi connectivity index (χ1v) is 6.52. The van der Waals surface area contributed by atoms with Crippen molar-refractivity contribution in [2.75, 3.05) is 5.32 Å². The number of aryl methyl sites for hydroxylation is 1. The lowest BCUT2D eigenvalue weighted by molar-refractivity contribution is -0.134. The molecule has 6 nitrogen and oxygen atoms in total. The summed E-state index contributed by atoms with van der Waals surface area (Å²) < 4.78 is 40.8. The first-order valence-electron chi connectivity index (χ1n) is 5.74. The van der Waals surface area contributed by atoms with Crippen molar-refractivity contribution in [3.63, 3.8) is 0 Å². The van der Waals surface area contributed by atoms with Gasteiger partial charge in [0.25, 0.3) is 5.91 Å². The lowest BCUT2D eigenvalue weighted by Gasteiger charge is -2.06. The molecule has 0 aliphatic rings. The van der Waals surface area contributed by atoms with Crippen LogP contribution in [-0.2, 0) is 6.18 Å². The number of benzene rings is 1. The minimum Gasteiger partial charge on any atom is -0.507 e. The third kappa shape index (κ3) is 3.22. The number of carbonyl (C=O) groups is 1. The van der Waals surface area contributed by atoms with E-state index in [1.165, 1.54) is 6.92 Å². The van der Waals surface area contributed by atoms with Gasteiger partial charge >= 0.3 is 6.18 Å². The van der Waals surface area contributed by atoms with Crippen molar-refractivity contribution >= 4 is 28.9 Å². The van der Waals surface area contributed by atoms with Crippen LogP contribution in [0.5, 0.6) is 5.75 Å². The van der Waals surface area contributed by atoms with Gasteiger partial charge in [0.15, 0.2) is 0 Å². The van der Waals surface area contributed by atoms with E-state index in [0.29, 0.717) is 11.6 Å². The predicted octanol–water partition coefficient (Wildman–Crippen LogP) is 3.83. The molecule has 116 valence electrons. The van der Waals surface area contributed by atoms with Crippen LogP contribution in [0.1, 0.15) is 20.8 Å². The molecule has 0 unspecified atom stereocenters. The fraction of sp³-hybridized carbons (Fsp3) is 0.167. The van der Waals surface area contributed by atoms with Gasteiger partial charge in [-0.15, -0.1) is 4.91 Å². The number of aromatic nitrogens is 1. The van der Waals surface area contributed by atoms with E-state index in [2.05, 4.69) is 14.9 Å². The molecule has 0 saturated heterocycles. The molecule has 22 heavy (non-hydrogen) atoms. The molecule has 0 aliphatic carbocycles. The fourth-order valence-corrected chi connectivity index (χ4v) is 2.18. The Balaban J connectivity index is 2.26. The molecule has 0 radical (unpaired) electrons. The molecular weight excluding hydrogens is 323 g/mol. The predicted molar refractivity (Wildman–Crippen MR) is 73.4 cm³/mol. The van der Waals surface area contributed by atoms with Crippen LogP contribution >= 0.6 is 11.5 Å². The van der Waals surface area contributed by atoms with E-state index in [1.807, 2.05) is 0 Å². The Morgan fingerprint density at radius 3 is 2.59 bits per heavy atom. The summed E-state index contributed by atoms with van der Waals surface area (Å²) in [4.78, 5) is 21.6. The first-order chi connectivity index (χ1) is 10.2. The number of nitroso groups, excluding NO2 is 1. The molecule has 10 heteroatoms. The zero-order valence-corrected chi connectivity index (χ0v) is 11.7. The van der Waals surface area contributed by atoms with Crippen LogP contribution in [0.15, 0.2) is 23.4 Å². The van der Waals surface area contributed by atoms with Gasteiger partial charge in [-0.25, -0.2) is 0 Å². The van der Waals surface area contributed by atoms with Gasteiger partial charge in [0, 0.05) is 6.07 Å². The maximum absolute atomic E-state index is 12.4. The zero-order valence-electron chi connectivity index (χ0n) is 10.9. The van der Waals surface area contributed by atoms with Crippen molar-refractivity contribution in [1.29, 1.82) is 0 Å². The Labute approximate surface area is 125 Å². The maximum atomic E-state index is 12.4.